The lowest BCUT2D eigenvalue weighted by Gasteiger charge is -2.00. The van der Waals surface area contributed by atoms with Crippen LogP contribution in [0.2, 0.25) is 0 Å². The van der Waals surface area contributed by atoms with Crippen molar-refractivity contribution in [3.63, 3.8) is 0 Å². The molecule has 1 aromatic rings. The van der Waals surface area contributed by atoms with E-state index < -0.39 is 8.87 Å². The molecule has 5 heteroatoms. The molecule has 0 spiro atoms. The van der Waals surface area contributed by atoms with Gasteiger partial charge in [-0.25, -0.2) is 8.42 Å². The Bertz CT molecular complexity index is 348. The van der Waals surface area contributed by atoms with E-state index in [1.165, 1.54) is 0 Å². The highest BCUT2D eigenvalue weighted by atomic mass is 79.9. The molecule has 1 aromatic carbocycles. The van der Waals surface area contributed by atoms with Gasteiger partial charge in [0.05, 0.1) is 4.90 Å². The molecule has 1 rings (SSSR count). The van der Waals surface area contributed by atoms with Crippen molar-refractivity contribution in [3.05, 3.63) is 30.3 Å². The number of hydrogen-bond acceptors (Lipinski definition) is 3. The van der Waals surface area contributed by atoms with E-state index >= 15 is 0 Å². The summed E-state index contributed by atoms with van der Waals surface area (Å²) < 4.78 is 23.1. The molecule has 0 saturated carbocycles. The first kappa shape index (κ1) is 11.1. The number of benzene rings is 1. The van der Waals surface area contributed by atoms with Gasteiger partial charge in [-0.3, -0.25) is 0 Å². The first-order chi connectivity index (χ1) is 6.17. The standard InChI is InChI=1S/C8H9BrO2S2/c9-6-7-12-13(10,11)8-4-2-1-3-5-8/h1-5H,6-7H2. The SMILES string of the molecule is O=S(=O)(SCCBr)c1ccccc1. The zero-order valence-corrected chi connectivity index (χ0v) is 10.0. The monoisotopic (exact) mass is 280 g/mol. The number of rotatable bonds is 4. The zero-order valence-electron chi connectivity index (χ0n) is 6.81. The van der Waals surface area contributed by atoms with Crippen LogP contribution >= 0.6 is 26.7 Å². The van der Waals surface area contributed by atoms with Crippen molar-refractivity contribution in [2.75, 3.05) is 11.1 Å². The largest absolute Gasteiger partial charge is 0.230 e. The Morgan fingerprint density at radius 1 is 1.23 bits per heavy atom. The van der Waals surface area contributed by atoms with E-state index in [0.717, 1.165) is 10.8 Å². The van der Waals surface area contributed by atoms with Crippen LogP contribution in [0.4, 0.5) is 0 Å². The van der Waals surface area contributed by atoms with Gasteiger partial charge in [0.25, 0.3) is 0 Å². The average molecular weight is 281 g/mol. The molecule has 13 heavy (non-hydrogen) atoms. The van der Waals surface area contributed by atoms with Gasteiger partial charge in [0.15, 0.2) is 0 Å². The summed E-state index contributed by atoms with van der Waals surface area (Å²) in [6.07, 6.45) is 0. The van der Waals surface area contributed by atoms with E-state index in [4.69, 9.17) is 0 Å². The van der Waals surface area contributed by atoms with Gasteiger partial charge in [-0.1, -0.05) is 34.1 Å². The fraction of sp³-hybridized carbons (Fsp3) is 0.250. The van der Waals surface area contributed by atoms with Crippen LogP contribution in [0.25, 0.3) is 0 Å². The van der Waals surface area contributed by atoms with Crippen molar-refractivity contribution in [3.8, 4) is 0 Å². The van der Waals surface area contributed by atoms with Crippen LogP contribution in [0.3, 0.4) is 0 Å². The quantitative estimate of drug-likeness (QED) is 0.628. The topological polar surface area (TPSA) is 34.1 Å². The van der Waals surface area contributed by atoms with E-state index in [2.05, 4.69) is 15.9 Å². The molecular weight excluding hydrogens is 272 g/mol. The van der Waals surface area contributed by atoms with Gasteiger partial charge in [-0.2, -0.15) is 0 Å². The van der Waals surface area contributed by atoms with Crippen molar-refractivity contribution in [1.82, 2.24) is 0 Å². The highest BCUT2D eigenvalue weighted by Gasteiger charge is 2.13. The van der Waals surface area contributed by atoms with Crippen molar-refractivity contribution < 1.29 is 8.42 Å². The molecule has 0 amide bonds. The maximum Gasteiger partial charge on any atom is 0.230 e. The summed E-state index contributed by atoms with van der Waals surface area (Å²) in [4.78, 5) is 0.376. The molecule has 0 aliphatic heterocycles. The van der Waals surface area contributed by atoms with Crippen molar-refractivity contribution in [2.24, 2.45) is 0 Å². The van der Waals surface area contributed by atoms with Gasteiger partial charge in [-0.15, -0.1) is 0 Å². The Morgan fingerprint density at radius 3 is 2.38 bits per heavy atom. The molecule has 0 fully saturated rings. The molecular formula is C8H9BrO2S2. The predicted octanol–water partition coefficient (Wildman–Crippen LogP) is 2.50. The number of hydrogen-bond donors (Lipinski definition) is 0. The van der Waals surface area contributed by atoms with Crippen LogP contribution in [0, 0.1) is 0 Å². The summed E-state index contributed by atoms with van der Waals surface area (Å²) in [6.45, 7) is 0. The Hall–Kier alpha value is -0.000000000000000111. The van der Waals surface area contributed by atoms with Crippen molar-refractivity contribution >= 4 is 35.6 Å². The summed E-state index contributed by atoms with van der Waals surface area (Å²) in [5.41, 5.74) is 0. The molecule has 2 nitrogen and oxygen atoms in total. The Morgan fingerprint density at radius 2 is 1.85 bits per heavy atom. The van der Waals surface area contributed by atoms with Crippen LogP contribution in [-0.2, 0) is 8.87 Å². The minimum atomic E-state index is -3.14. The van der Waals surface area contributed by atoms with E-state index in [-0.39, 0.29) is 0 Å². The molecule has 0 bridgehead atoms. The van der Waals surface area contributed by atoms with Crippen molar-refractivity contribution in [1.29, 1.82) is 0 Å². The summed E-state index contributed by atoms with van der Waals surface area (Å²) in [5, 5.41) is 0.684. The Balaban J connectivity index is 2.83. The molecule has 0 aliphatic rings. The van der Waals surface area contributed by atoms with Crippen LogP contribution in [0.1, 0.15) is 0 Å². The average Bonchev–Trinajstić information content (AvgIpc) is 2.16. The molecule has 0 heterocycles. The number of alkyl halides is 1. The fourth-order valence-corrected chi connectivity index (χ4v) is 4.48. The Kier molecular flexibility index (Phi) is 4.28. The maximum absolute atomic E-state index is 11.5. The molecule has 0 N–H and O–H groups in total. The van der Waals surface area contributed by atoms with Gasteiger partial charge in [-0.05, 0) is 22.9 Å². The van der Waals surface area contributed by atoms with Gasteiger partial charge in [0, 0.05) is 11.1 Å². The van der Waals surface area contributed by atoms with Gasteiger partial charge >= 0.3 is 0 Å². The first-order valence-corrected chi connectivity index (χ1v) is 7.78. The van der Waals surface area contributed by atoms with Gasteiger partial charge in [0.2, 0.25) is 8.87 Å². The van der Waals surface area contributed by atoms with Crippen LogP contribution < -0.4 is 0 Å². The smallest absolute Gasteiger partial charge is 0.212 e. The number of halogens is 1. The van der Waals surface area contributed by atoms with Crippen LogP contribution in [-0.4, -0.2) is 19.5 Å². The molecule has 72 valence electrons. The highest BCUT2D eigenvalue weighted by Crippen LogP contribution is 2.22. The van der Waals surface area contributed by atoms with E-state index in [0.29, 0.717) is 16.0 Å². The second-order valence-electron chi connectivity index (χ2n) is 2.28. The summed E-state index contributed by atoms with van der Waals surface area (Å²) in [7, 11) is -2.18. The Labute approximate surface area is 90.2 Å². The fourth-order valence-electron chi connectivity index (χ4n) is 0.796. The molecule has 0 aromatic heterocycles. The lowest BCUT2D eigenvalue weighted by Crippen LogP contribution is -1.96. The molecule has 0 saturated heterocycles. The highest BCUT2D eigenvalue weighted by molar-refractivity contribution is 9.09. The zero-order chi connectivity index (χ0) is 9.73. The lowest BCUT2D eigenvalue weighted by atomic mass is 10.4. The third-order valence-electron chi connectivity index (χ3n) is 1.35. The molecule has 0 atom stereocenters. The molecule has 0 aliphatic carbocycles. The first-order valence-electron chi connectivity index (χ1n) is 3.67. The van der Waals surface area contributed by atoms with Crippen molar-refractivity contribution in [2.45, 2.75) is 4.90 Å². The van der Waals surface area contributed by atoms with E-state index in [9.17, 15) is 8.42 Å². The second-order valence-corrected chi connectivity index (χ2v) is 7.12. The van der Waals surface area contributed by atoms with E-state index in [1.54, 1.807) is 30.3 Å². The van der Waals surface area contributed by atoms with Crippen LogP contribution in [0.5, 0.6) is 0 Å². The minimum Gasteiger partial charge on any atom is -0.212 e. The summed E-state index contributed by atoms with van der Waals surface area (Å²) in [5.74, 6) is 0.567. The lowest BCUT2D eigenvalue weighted by molar-refractivity contribution is 0.610. The van der Waals surface area contributed by atoms with Gasteiger partial charge in [0.1, 0.15) is 0 Å². The third-order valence-corrected chi connectivity index (χ3v) is 5.81. The minimum absolute atomic E-state index is 0.376. The molecule has 0 unspecified atom stereocenters. The summed E-state index contributed by atoms with van der Waals surface area (Å²) >= 11 is 3.19. The predicted molar refractivity (Wildman–Crippen MR) is 59.9 cm³/mol. The summed E-state index contributed by atoms with van der Waals surface area (Å²) in [6, 6.07) is 8.46. The third kappa shape index (κ3) is 3.32. The maximum atomic E-state index is 11.5. The normalized spacial score (nSPS) is 11.5. The van der Waals surface area contributed by atoms with E-state index in [1.807, 2.05) is 0 Å². The van der Waals surface area contributed by atoms with Crippen LogP contribution in [0.15, 0.2) is 35.2 Å². The van der Waals surface area contributed by atoms with Gasteiger partial charge < -0.3 is 0 Å². The second kappa shape index (κ2) is 5.02. The molecule has 0 radical (unpaired) electrons.